The van der Waals surface area contributed by atoms with Gasteiger partial charge in [-0.15, -0.1) is 0 Å². The molecule has 1 aromatic heterocycles. The SMILES string of the molecule is c1ccc2c(NC3CCCC3)nc(N3CCSCC3)nc2c1. The van der Waals surface area contributed by atoms with Crippen LogP contribution in [0.5, 0.6) is 0 Å². The molecule has 2 aliphatic rings. The van der Waals surface area contributed by atoms with Crippen molar-refractivity contribution in [2.75, 3.05) is 34.8 Å². The first-order valence-corrected chi connectivity index (χ1v) is 9.42. The van der Waals surface area contributed by atoms with E-state index in [0.29, 0.717) is 6.04 Å². The van der Waals surface area contributed by atoms with Crippen molar-refractivity contribution in [1.82, 2.24) is 9.97 Å². The van der Waals surface area contributed by atoms with Crippen LogP contribution in [-0.2, 0) is 0 Å². The lowest BCUT2D eigenvalue weighted by atomic mass is 10.2. The van der Waals surface area contributed by atoms with E-state index in [-0.39, 0.29) is 0 Å². The van der Waals surface area contributed by atoms with Crippen molar-refractivity contribution in [3.05, 3.63) is 24.3 Å². The molecule has 2 heterocycles. The molecule has 4 nitrogen and oxygen atoms in total. The minimum absolute atomic E-state index is 0.572. The second kappa shape index (κ2) is 6.32. The molecule has 116 valence electrons. The normalized spacial score (nSPS) is 19.7. The first-order valence-electron chi connectivity index (χ1n) is 8.26. The molecule has 0 spiro atoms. The van der Waals surface area contributed by atoms with E-state index in [1.807, 2.05) is 11.8 Å². The summed E-state index contributed by atoms with van der Waals surface area (Å²) in [5.41, 5.74) is 1.05. The average Bonchev–Trinajstić information content (AvgIpc) is 3.09. The van der Waals surface area contributed by atoms with Gasteiger partial charge < -0.3 is 10.2 Å². The zero-order chi connectivity index (χ0) is 14.8. The molecule has 1 N–H and O–H groups in total. The highest BCUT2D eigenvalue weighted by molar-refractivity contribution is 7.99. The maximum Gasteiger partial charge on any atom is 0.227 e. The van der Waals surface area contributed by atoms with Gasteiger partial charge >= 0.3 is 0 Å². The van der Waals surface area contributed by atoms with Crippen molar-refractivity contribution in [2.24, 2.45) is 0 Å². The van der Waals surface area contributed by atoms with Crippen LogP contribution in [0.2, 0.25) is 0 Å². The second-order valence-electron chi connectivity index (χ2n) is 6.11. The lowest BCUT2D eigenvalue weighted by Crippen LogP contribution is -2.34. The molecule has 4 rings (SSSR count). The van der Waals surface area contributed by atoms with Crippen LogP contribution in [-0.4, -0.2) is 40.6 Å². The molecule has 0 amide bonds. The molecule has 0 radical (unpaired) electrons. The topological polar surface area (TPSA) is 41.1 Å². The van der Waals surface area contributed by atoms with Gasteiger partial charge in [-0.25, -0.2) is 4.98 Å². The summed E-state index contributed by atoms with van der Waals surface area (Å²) in [5.74, 6) is 4.24. The van der Waals surface area contributed by atoms with Gasteiger partial charge in [-0.3, -0.25) is 0 Å². The second-order valence-corrected chi connectivity index (χ2v) is 7.34. The summed E-state index contributed by atoms with van der Waals surface area (Å²) in [7, 11) is 0. The number of fused-ring (bicyclic) bond motifs is 1. The van der Waals surface area contributed by atoms with Gasteiger partial charge in [0.2, 0.25) is 5.95 Å². The molecule has 0 unspecified atom stereocenters. The third kappa shape index (κ3) is 2.86. The summed E-state index contributed by atoms with van der Waals surface area (Å²) in [6, 6.07) is 8.93. The molecular formula is C17H22N4S. The van der Waals surface area contributed by atoms with Crippen LogP contribution in [0.1, 0.15) is 25.7 Å². The Morgan fingerprint density at radius 1 is 1.05 bits per heavy atom. The van der Waals surface area contributed by atoms with Gasteiger partial charge in [-0.05, 0) is 25.0 Å². The Bertz CT molecular complexity index is 648. The molecule has 2 fully saturated rings. The third-order valence-electron chi connectivity index (χ3n) is 4.58. The molecule has 2 aromatic rings. The van der Waals surface area contributed by atoms with Crippen LogP contribution in [0.25, 0.3) is 10.9 Å². The van der Waals surface area contributed by atoms with E-state index in [2.05, 4.69) is 34.5 Å². The highest BCUT2D eigenvalue weighted by Crippen LogP contribution is 2.28. The molecule has 5 heteroatoms. The number of anilines is 2. The summed E-state index contributed by atoms with van der Waals surface area (Å²) < 4.78 is 0. The number of rotatable bonds is 3. The van der Waals surface area contributed by atoms with E-state index >= 15 is 0 Å². The number of para-hydroxylation sites is 1. The summed E-state index contributed by atoms with van der Waals surface area (Å²) >= 11 is 2.01. The zero-order valence-electron chi connectivity index (χ0n) is 12.8. The maximum atomic E-state index is 4.88. The Morgan fingerprint density at radius 2 is 1.82 bits per heavy atom. The number of nitrogens with one attached hydrogen (secondary N) is 1. The fourth-order valence-electron chi connectivity index (χ4n) is 3.34. The quantitative estimate of drug-likeness (QED) is 0.938. The largest absolute Gasteiger partial charge is 0.367 e. The Morgan fingerprint density at radius 3 is 2.64 bits per heavy atom. The minimum atomic E-state index is 0.572. The molecule has 1 saturated heterocycles. The number of nitrogens with zero attached hydrogens (tertiary/aromatic N) is 3. The number of aromatic nitrogens is 2. The smallest absolute Gasteiger partial charge is 0.227 e. The van der Waals surface area contributed by atoms with E-state index in [9.17, 15) is 0 Å². The maximum absolute atomic E-state index is 4.88. The molecule has 1 aromatic carbocycles. The highest BCUT2D eigenvalue weighted by atomic mass is 32.2. The Hall–Kier alpha value is -1.49. The van der Waals surface area contributed by atoms with E-state index in [4.69, 9.17) is 9.97 Å². The number of hydrogen-bond donors (Lipinski definition) is 1. The van der Waals surface area contributed by atoms with Gasteiger partial charge in [0.1, 0.15) is 5.82 Å². The van der Waals surface area contributed by atoms with E-state index in [1.54, 1.807) is 0 Å². The lowest BCUT2D eigenvalue weighted by Gasteiger charge is -2.27. The average molecular weight is 314 g/mol. The fourth-order valence-corrected chi connectivity index (χ4v) is 4.25. The number of thioether (sulfide) groups is 1. The molecule has 1 saturated carbocycles. The van der Waals surface area contributed by atoms with Crippen molar-refractivity contribution in [3.8, 4) is 0 Å². The van der Waals surface area contributed by atoms with Crippen molar-refractivity contribution in [2.45, 2.75) is 31.7 Å². The van der Waals surface area contributed by atoms with Gasteiger partial charge in [-0.2, -0.15) is 16.7 Å². The number of benzene rings is 1. The first kappa shape index (κ1) is 14.1. The van der Waals surface area contributed by atoms with Crippen LogP contribution in [0.4, 0.5) is 11.8 Å². The monoisotopic (exact) mass is 314 g/mol. The third-order valence-corrected chi connectivity index (χ3v) is 5.52. The molecular weight excluding hydrogens is 292 g/mol. The predicted molar refractivity (Wildman–Crippen MR) is 95.0 cm³/mol. The minimum Gasteiger partial charge on any atom is -0.367 e. The van der Waals surface area contributed by atoms with Crippen LogP contribution < -0.4 is 10.2 Å². The van der Waals surface area contributed by atoms with Crippen LogP contribution in [0, 0.1) is 0 Å². The summed E-state index contributed by atoms with van der Waals surface area (Å²) in [5, 5.41) is 4.82. The lowest BCUT2D eigenvalue weighted by molar-refractivity contribution is 0.748. The molecule has 1 aliphatic carbocycles. The van der Waals surface area contributed by atoms with Gasteiger partial charge in [0.25, 0.3) is 0 Å². The van der Waals surface area contributed by atoms with E-state index in [1.165, 1.54) is 37.2 Å². The fraction of sp³-hybridized carbons (Fsp3) is 0.529. The van der Waals surface area contributed by atoms with Gasteiger partial charge in [-0.1, -0.05) is 25.0 Å². The molecule has 22 heavy (non-hydrogen) atoms. The van der Waals surface area contributed by atoms with Gasteiger partial charge in [0, 0.05) is 36.0 Å². The Labute approximate surface area is 135 Å². The molecule has 0 bridgehead atoms. The molecule has 0 atom stereocenters. The summed E-state index contributed by atoms with van der Waals surface area (Å²) in [4.78, 5) is 12.0. The van der Waals surface area contributed by atoms with E-state index < -0.39 is 0 Å². The number of hydrogen-bond acceptors (Lipinski definition) is 5. The molecule has 1 aliphatic heterocycles. The van der Waals surface area contributed by atoms with Gasteiger partial charge in [0.15, 0.2) is 0 Å². The van der Waals surface area contributed by atoms with Crippen molar-refractivity contribution in [3.63, 3.8) is 0 Å². The standard InChI is InChI=1S/C17H22N4S/c1-2-6-13(5-1)18-16-14-7-3-4-8-15(14)19-17(20-16)21-9-11-22-12-10-21/h3-4,7-8,13H,1-2,5-6,9-12H2,(H,18,19,20). The Balaban J connectivity index is 1.71. The van der Waals surface area contributed by atoms with Crippen molar-refractivity contribution < 1.29 is 0 Å². The van der Waals surface area contributed by atoms with Crippen LogP contribution in [0.15, 0.2) is 24.3 Å². The highest BCUT2D eigenvalue weighted by Gasteiger charge is 2.19. The Kier molecular flexibility index (Phi) is 4.06. The van der Waals surface area contributed by atoms with Crippen LogP contribution >= 0.6 is 11.8 Å². The van der Waals surface area contributed by atoms with Crippen molar-refractivity contribution >= 4 is 34.4 Å². The first-order chi connectivity index (χ1) is 10.9. The predicted octanol–water partition coefficient (Wildman–Crippen LogP) is 3.54. The van der Waals surface area contributed by atoms with Crippen molar-refractivity contribution in [1.29, 1.82) is 0 Å². The summed E-state index contributed by atoms with van der Waals surface area (Å²) in [6.45, 7) is 2.09. The zero-order valence-corrected chi connectivity index (χ0v) is 13.6. The summed E-state index contributed by atoms with van der Waals surface area (Å²) in [6.07, 6.45) is 5.18. The van der Waals surface area contributed by atoms with E-state index in [0.717, 1.165) is 35.8 Å². The van der Waals surface area contributed by atoms with Crippen LogP contribution in [0.3, 0.4) is 0 Å². The van der Waals surface area contributed by atoms with Gasteiger partial charge in [0.05, 0.1) is 5.52 Å².